The molecule has 0 amide bonds. The van der Waals surface area contributed by atoms with Gasteiger partial charge in [0.15, 0.2) is 0 Å². The summed E-state index contributed by atoms with van der Waals surface area (Å²) >= 11 is 11.3. The molecule has 332 valence electrons. The third-order valence-corrected chi connectivity index (χ3v) is 19.8. The number of aliphatic hydroxyl groups excluding tert-OH is 1. The van der Waals surface area contributed by atoms with Crippen molar-refractivity contribution in [3.8, 4) is 40.4 Å². The Labute approximate surface area is 406 Å². The van der Waals surface area contributed by atoms with Crippen LogP contribution in [-0.4, -0.2) is 27.7 Å². The van der Waals surface area contributed by atoms with E-state index in [1.807, 2.05) is 45.3 Å². The van der Waals surface area contributed by atoms with E-state index in [4.69, 9.17) is 13.9 Å². The number of hydrogen-bond donors (Lipinski definition) is 1. The molecule has 2 aromatic carbocycles. The topological polar surface area (TPSA) is 46.0 Å². The van der Waals surface area contributed by atoms with Crippen LogP contribution in [0, 0.1) is 0 Å². The molecular weight excluding hydrogens is 896 g/mol. The van der Waals surface area contributed by atoms with Gasteiger partial charge in [0.25, 0.3) is 0 Å². The van der Waals surface area contributed by atoms with Crippen molar-refractivity contribution in [1.82, 2.24) is 8.75 Å². The van der Waals surface area contributed by atoms with E-state index in [9.17, 15) is 0 Å². The second-order valence-electron chi connectivity index (χ2n) is 18.3. The summed E-state index contributed by atoms with van der Waals surface area (Å²) in [6.07, 6.45) is 19.2. The minimum atomic E-state index is -0.0410. The summed E-state index contributed by atoms with van der Waals surface area (Å²) in [5.41, 5.74) is 13.3. The van der Waals surface area contributed by atoms with Gasteiger partial charge in [-0.05, 0) is 124 Å². The summed E-state index contributed by atoms with van der Waals surface area (Å²) in [6, 6.07) is 28.0. The SMILES string of the molecule is CCCCCCc1cc(-c2cc(CCCCCC)c(Cc3cc(CCCCCCO)cs3)s2)sc1Bc1ccc(-c2cc3c(s2)-c2sc(-c4ccccc4)cc2C3(C)C)c2nsnc12. The van der Waals surface area contributed by atoms with Gasteiger partial charge in [0.1, 0.15) is 5.52 Å². The summed E-state index contributed by atoms with van der Waals surface area (Å²) in [6.45, 7) is 9.72. The van der Waals surface area contributed by atoms with Crippen LogP contribution in [0.15, 0.2) is 78.2 Å². The maximum Gasteiger partial charge on any atom is 0.208 e. The Morgan fingerprint density at radius 2 is 1.27 bits per heavy atom. The number of nitrogens with zero attached hydrogens (tertiary/aromatic N) is 2. The zero-order valence-corrected chi connectivity index (χ0v) is 42.9. The van der Waals surface area contributed by atoms with E-state index in [1.54, 1.807) is 10.4 Å². The second-order valence-corrected chi connectivity index (χ2v) is 24.2. The number of aryl methyl sites for hydroxylation is 3. The molecule has 0 saturated heterocycles. The molecule has 0 fully saturated rings. The predicted molar refractivity (Wildman–Crippen MR) is 288 cm³/mol. The molecule has 10 heteroatoms. The molecule has 0 spiro atoms. The summed E-state index contributed by atoms with van der Waals surface area (Å²) in [5, 5.41) is 11.6. The first-order valence-corrected chi connectivity index (χ1v) is 28.7. The Bertz CT molecular complexity index is 2780. The lowest BCUT2D eigenvalue weighted by atomic mass is 9.66. The zero-order valence-electron chi connectivity index (χ0n) is 38.0. The lowest BCUT2D eigenvalue weighted by Crippen LogP contribution is -2.28. The molecule has 0 unspecified atom stereocenters. The summed E-state index contributed by atoms with van der Waals surface area (Å²) in [4.78, 5) is 11.4. The average Bonchev–Trinajstić information content (AvgIpc) is 4.17. The molecule has 0 atom stereocenters. The highest BCUT2D eigenvalue weighted by Crippen LogP contribution is 2.58. The van der Waals surface area contributed by atoms with Crippen molar-refractivity contribution in [2.75, 3.05) is 6.61 Å². The highest BCUT2D eigenvalue weighted by atomic mass is 32.1. The number of benzene rings is 2. The van der Waals surface area contributed by atoms with Crippen molar-refractivity contribution in [2.45, 2.75) is 136 Å². The Hall–Kier alpha value is -3.22. The molecule has 3 nitrogen and oxygen atoms in total. The summed E-state index contributed by atoms with van der Waals surface area (Å²) in [5.74, 6) is 0. The van der Waals surface area contributed by atoms with Crippen LogP contribution in [-0.2, 0) is 31.1 Å². The molecule has 1 aliphatic rings. The number of hydrogen-bond acceptors (Lipinski definition) is 9. The van der Waals surface area contributed by atoms with Gasteiger partial charge in [-0.3, -0.25) is 0 Å². The molecule has 0 aliphatic heterocycles. The standard InChI is InChI=1S/C54H61BN2OS6/c1-5-7-9-15-23-37-29-47(60-44(37)31-39-28-35(34-59-39)20-14-11-12-19-27-58)48-30-38(24-16-10-8-6-2)53(63-48)55-43-26-25-40(49-50(43)57-64-56-49)46-33-42-52(62-46)51-41(54(42,3)4)32-45(61-51)36-21-17-13-18-22-36/h13,17-18,21-22,25-26,28-30,32-34,55,58H,5-12,14-16,19-20,23-24,27,31H2,1-4H3. The Balaban J connectivity index is 0.990. The molecular formula is C54H61BN2OS6. The molecule has 0 radical (unpaired) electrons. The van der Waals surface area contributed by atoms with Crippen molar-refractivity contribution in [3.05, 3.63) is 116 Å². The minimum absolute atomic E-state index is 0.0410. The Morgan fingerprint density at radius 1 is 0.609 bits per heavy atom. The first-order chi connectivity index (χ1) is 31.3. The quantitative estimate of drug-likeness (QED) is 0.0513. The second kappa shape index (κ2) is 21.2. The van der Waals surface area contributed by atoms with Crippen LogP contribution in [0.4, 0.5) is 0 Å². The van der Waals surface area contributed by atoms with Crippen LogP contribution in [0.25, 0.3) is 51.4 Å². The van der Waals surface area contributed by atoms with Crippen molar-refractivity contribution in [3.63, 3.8) is 0 Å². The van der Waals surface area contributed by atoms with Gasteiger partial charge in [-0.1, -0.05) is 122 Å². The fourth-order valence-corrected chi connectivity index (χ4v) is 16.5. The van der Waals surface area contributed by atoms with E-state index >= 15 is 0 Å². The van der Waals surface area contributed by atoms with Crippen LogP contribution < -0.4 is 10.2 Å². The third kappa shape index (κ3) is 10.0. The van der Waals surface area contributed by atoms with E-state index in [2.05, 4.69) is 117 Å². The van der Waals surface area contributed by atoms with Gasteiger partial charge in [-0.2, -0.15) is 8.75 Å². The molecule has 6 aromatic heterocycles. The van der Waals surface area contributed by atoms with E-state index < -0.39 is 0 Å². The molecule has 0 saturated carbocycles. The largest absolute Gasteiger partial charge is 0.396 e. The number of aromatic nitrogens is 2. The van der Waals surface area contributed by atoms with Gasteiger partial charge >= 0.3 is 0 Å². The van der Waals surface area contributed by atoms with Gasteiger partial charge < -0.3 is 5.11 Å². The molecule has 1 N–H and O–H groups in total. The monoisotopic (exact) mass is 956 g/mol. The number of thiophene rings is 5. The molecule has 0 bridgehead atoms. The molecule has 6 heterocycles. The summed E-state index contributed by atoms with van der Waals surface area (Å²) < 4.78 is 11.5. The number of unbranched alkanes of at least 4 members (excludes halogenated alkanes) is 9. The predicted octanol–water partition coefficient (Wildman–Crippen LogP) is 15.6. The fourth-order valence-electron chi connectivity index (χ4n) is 9.49. The van der Waals surface area contributed by atoms with Gasteiger partial charge in [-0.25, -0.2) is 0 Å². The number of rotatable bonds is 23. The van der Waals surface area contributed by atoms with Crippen LogP contribution >= 0.6 is 68.4 Å². The van der Waals surface area contributed by atoms with E-state index in [1.165, 1.54) is 160 Å². The van der Waals surface area contributed by atoms with E-state index in [-0.39, 0.29) is 5.41 Å². The first-order valence-electron chi connectivity index (χ1n) is 23.8. The van der Waals surface area contributed by atoms with Crippen LogP contribution in [0.5, 0.6) is 0 Å². The van der Waals surface area contributed by atoms with Crippen molar-refractivity contribution >= 4 is 97.0 Å². The zero-order chi connectivity index (χ0) is 44.0. The maximum absolute atomic E-state index is 9.17. The molecule has 8 aromatic rings. The highest BCUT2D eigenvalue weighted by molar-refractivity contribution is 7.28. The molecule has 64 heavy (non-hydrogen) atoms. The normalized spacial score (nSPS) is 13.0. The number of aliphatic hydroxyl groups is 1. The van der Waals surface area contributed by atoms with Gasteiger partial charge in [0.05, 0.1) is 17.2 Å². The fraction of sp³-hybridized carbons (Fsp3) is 0.407. The Kier molecular flexibility index (Phi) is 15.2. The van der Waals surface area contributed by atoms with Gasteiger partial charge in [-0.15, -0.1) is 56.7 Å². The van der Waals surface area contributed by atoms with Crippen LogP contribution in [0.1, 0.15) is 142 Å². The van der Waals surface area contributed by atoms with Crippen LogP contribution in [0.3, 0.4) is 0 Å². The van der Waals surface area contributed by atoms with E-state index in [0.29, 0.717) is 6.61 Å². The minimum Gasteiger partial charge on any atom is -0.396 e. The average molecular weight is 957 g/mol. The van der Waals surface area contributed by atoms with Gasteiger partial charge in [0, 0.05) is 63.0 Å². The molecule has 1 aliphatic carbocycles. The first kappa shape index (κ1) is 45.9. The lowest BCUT2D eigenvalue weighted by molar-refractivity contribution is 0.282. The van der Waals surface area contributed by atoms with E-state index in [0.717, 1.165) is 50.4 Å². The molecule has 9 rings (SSSR count). The summed E-state index contributed by atoms with van der Waals surface area (Å²) in [7, 11) is 0.894. The lowest BCUT2D eigenvalue weighted by Gasteiger charge is -2.19. The highest BCUT2D eigenvalue weighted by Gasteiger charge is 2.40. The van der Waals surface area contributed by atoms with Crippen LogP contribution in [0.2, 0.25) is 0 Å². The van der Waals surface area contributed by atoms with Crippen molar-refractivity contribution in [1.29, 1.82) is 0 Å². The van der Waals surface area contributed by atoms with Crippen molar-refractivity contribution < 1.29 is 5.11 Å². The van der Waals surface area contributed by atoms with Gasteiger partial charge in [0.2, 0.25) is 7.28 Å². The third-order valence-electron chi connectivity index (χ3n) is 13.2. The smallest absolute Gasteiger partial charge is 0.208 e. The maximum atomic E-state index is 9.17. The Morgan fingerprint density at radius 3 is 2.03 bits per heavy atom. The van der Waals surface area contributed by atoms with Crippen molar-refractivity contribution in [2.24, 2.45) is 0 Å². The number of fused-ring (bicyclic) bond motifs is 4.